The maximum absolute atomic E-state index is 13.9. The van der Waals surface area contributed by atoms with E-state index in [0.29, 0.717) is 17.7 Å². The summed E-state index contributed by atoms with van der Waals surface area (Å²) in [4.78, 5) is 24.6. The number of anilines is 3. The summed E-state index contributed by atoms with van der Waals surface area (Å²) in [5.74, 6) is -1.92. The molecule has 0 saturated carbocycles. The molecule has 1 amide bonds. The highest BCUT2D eigenvalue weighted by Crippen LogP contribution is 2.30. The van der Waals surface area contributed by atoms with Gasteiger partial charge in [0.05, 0.1) is 16.9 Å². The van der Waals surface area contributed by atoms with Crippen LogP contribution in [-0.2, 0) is 6.42 Å². The van der Waals surface area contributed by atoms with Gasteiger partial charge in [-0.3, -0.25) is 9.78 Å². The van der Waals surface area contributed by atoms with Gasteiger partial charge in [0.15, 0.2) is 11.0 Å². The first-order valence-electron chi connectivity index (χ1n) is 7.97. The largest absolute Gasteiger partial charge is 0.336 e. The zero-order valence-corrected chi connectivity index (χ0v) is 14.9. The number of aromatic nitrogens is 3. The molecule has 0 aliphatic carbocycles. The lowest BCUT2D eigenvalue weighted by atomic mass is 10.1. The number of carbonyl (C=O) groups is 1. The minimum absolute atomic E-state index is 0.0303. The van der Waals surface area contributed by atoms with Gasteiger partial charge in [0.25, 0.3) is 5.91 Å². The molecule has 0 radical (unpaired) electrons. The second-order valence-corrected chi connectivity index (χ2v) is 5.80. The van der Waals surface area contributed by atoms with E-state index in [1.54, 1.807) is 18.3 Å². The Morgan fingerprint density at radius 3 is 2.74 bits per heavy atom. The normalized spacial score (nSPS) is 10.5. The van der Waals surface area contributed by atoms with Gasteiger partial charge >= 0.3 is 0 Å². The summed E-state index contributed by atoms with van der Waals surface area (Å²) in [5, 5.41) is 5.28. The molecule has 3 aromatic rings. The molecule has 0 spiro atoms. The van der Waals surface area contributed by atoms with Crippen molar-refractivity contribution in [1.82, 2.24) is 15.0 Å². The predicted octanol–water partition coefficient (Wildman–Crippen LogP) is 4.36. The number of nitrogens with one attached hydrogen (secondary N) is 2. The molecule has 9 heteroatoms. The number of benzene rings is 1. The summed E-state index contributed by atoms with van der Waals surface area (Å²) < 4.78 is 27.0. The molecular formula is C18H14ClF2N5O. The Labute approximate surface area is 158 Å². The average molecular weight is 390 g/mol. The second-order valence-electron chi connectivity index (χ2n) is 5.44. The second kappa shape index (κ2) is 8.05. The molecular weight excluding hydrogens is 376 g/mol. The van der Waals surface area contributed by atoms with E-state index in [-0.39, 0.29) is 22.3 Å². The van der Waals surface area contributed by atoms with Crippen molar-refractivity contribution >= 4 is 34.7 Å². The van der Waals surface area contributed by atoms with E-state index in [4.69, 9.17) is 11.6 Å². The van der Waals surface area contributed by atoms with E-state index in [9.17, 15) is 13.6 Å². The molecule has 0 aliphatic heterocycles. The number of halogens is 3. The SMILES string of the molecule is CCc1ncccc1C(=O)Nc1c(Cl)ncnc1Nc1ccc(F)cc1F. The zero-order chi connectivity index (χ0) is 19.4. The molecule has 0 bridgehead atoms. The summed E-state index contributed by atoms with van der Waals surface area (Å²) in [6.45, 7) is 1.88. The third-order valence-corrected chi connectivity index (χ3v) is 3.98. The molecule has 2 aromatic heterocycles. The molecule has 6 nitrogen and oxygen atoms in total. The predicted molar refractivity (Wildman–Crippen MR) is 98.3 cm³/mol. The van der Waals surface area contributed by atoms with Crippen LogP contribution in [0.15, 0.2) is 42.9 Å². The highest BCUT2D eigenvalue weighted by molar-refractivity contribution is 6.33. The highest BCUT2D eigenvalue weighted by Gasteiger charge is 2.18. The van der Waals surface area contributed by atoms with Crippen molar-refractivity contribution in [2.24, 2.45) is 0 Å². The highest BCUT2D eigenvalue weighted by atomic mass is 35.5. The number of nitrogens with zero attached hydrogens (tertiary/aromatic N) is 3. The summed E-state index contributed by atoms with van der Waals surface area (Å²) in [7, 11) is 0. The third-order valence-electron chi connectivity index (χ3n) is 3.69. The van der Waals surface area contributed by atoms with E-state index in [1.807, 2.05) is 6.92 Å². The monoisotopic (exact) mass is 389 g/mol. The smallest absolute Gasteiger partial charge is 0.257 e. The molecule has 138 valence electrons. The van der Waals surface area contributed by atoms with Crippen molar-refractivity contribution in [2.75, 3.05) is 10.6 Å². The quantitative estimate of drug-likeness (QED) is 0.634. The Morgan fingerprint density at radius 2 is 2.00 bits per heavy atom. The van der Waals surface area contributed by atoms with Gasteiger partial charge in [-0.15, -0.1) is 0 Å². The van der Waals surface area contributed by atoms with Crippen LogP contribution in [0.2, 0.25) is 5.15 Å². The third kappa shape index (κ3) is 4.17. The van der Waals surface area contributed by atoms with Crippen LogP contribution in [0.3, 0.4) is 0 Å². The van der Waals surface area contributed by atoms with Gasteiger partial charge in [-0.25, -0.2) is 18.7 Å². The van der Waals surface area contributed by atoms with Gasteiger partial charge in [-0.05, 0) is 30.7 Å². The number of pyridine rings is 1. The van der Waals surface area contributed by atoms with E-state index in [0.717, 1.165) is 18.5 Å². The Balaban J connectivity index is 1.93. The van der Waals surface area contributed by atoms with Gasteiger partial charge in [0.1, 0.15) is 23.6 Å². The van der Waals surface area contributed by atoms with E-state index in [2.05, 4.69) is 25.6 Å². The van der Waals surface area contributed by atoms with E-state index in [1.165, 1.54) is 6.07 Å². The molecule has 0 unspecified atom stereocenters. The molecule has 0 aliphatic rings. The van der Waals surface area contributed by atoms with Crippen molar-refractivity contribution < 1.29 is 13.6 Å². The van der Waals surface area contributed by atoms with Gasteiger partial charge < -0.3 is 10.6 Å². The summed E-state index contributed by atoms with van der Waals surface area (Å²) in [6.07, 6.45) is 3.32. The number of amides is 1. The molecule has 0 fully saturated rings. The summed E-state index contributed by atoms with van der Waals surface area (Å²) in [6, 6.07) is 6.31. The van der Waals surface area contributed by atoms with Gasteiger partial charge in [-0.1, -0.05) is 18.5 Å². The fourth-order valence-electron chi connectivity index (χ4n) is 2.40. The molecule has 2 N–H and O–H groups in total. The molecule has 1 aromatic carbocycles. The van der Waals surface area contributed by atoms with Crippen LogP contribution in [0, 0.1) is 11.6 Å². The first kappa shape index (κ1) is 18.7. The minimum Gasteiger partial charge on any atom is -0.336 e. The fraction of sp³-hybridized carbons (Fsp3) is 0.111. The van der Waals surface area contributed by atoms with Crippen LogP contribution in [0.25, 0.3) is 0 Å². The standard InChI is InChI=1S/C18H14ClF2N5O/c1-2-13-11(4-3-7-22-13)18(27)26-15-16(19)23-9-24-17(15)25-14-6-5-10(20)8-12(14)21/h3-9H,2H2,1H3,(H,26,27)(H,23,24,25). The number of hydrogen-bond donors (Lipinski definition) is 2. The van der Waals surface area contributed by atoms with E-state index >= 15 is 0 Å². The maximum Gasteiger partial charge on any atom is 0.257 e. The van der Waals surface area contributed by atoms with Crippen molar-refractivity contribution in [1.29, 1.82) is 0 Å². The summed E-state index contributed by atoms with van der Waals surface area (Å²) in [5.41, 5.74) is 1.02. The van der Waals surface area contributed by atoms with Crippen LogP contribution in [0.5, 0.6) is 0 Å². The van der Waals surface area contributed by atoms with Crippen LogP contribution in [-0.4, -0.2) is 20.9 Å². The van der Waals surface area contributed by atoms with Crippen LogP contribution in [0.4, 0.5) is 26.0 Å². The molecule has 0 atom stereocenters. The van der Waals surface area contributed by atoms with Crippen LogP contribution < -0.4 is 10.6 Å². The average Bonchev–Trinajstić information content (AvgIpc) is 2.66. The lowest BCUT2D eigenvalue weighted by Gasteiger charge is -2.14. The Kier molecular flexibility index (Phi) is 5.56. The van der Waals surface area contributed by atoms with Crippen LogP contribution >= 0.6 is 11.6 Å². The molecule has 0 saturated heterocycles. The van der Waals surface area contributed by atoms with Crippen LogP contribution in [0.1, 0.15) is 23.0 Å². The maximum atomic E-state index is 13.9. The first-order valence-corrected chi connectivity index (χ1v) is 8.35. The van der Waals surface area contributed by atoms with Crippen molar-refractivity contribution in [2.45, 2.75) is 13.3 Å². The van der Waals surface area contributed by atoms with Gasteiger partial charge in [-0.2, -0.15) is 0 Å². The van der Waals surface area contributed by atoms with Crippen molar-refractivity contribution in [3.8, 4) is 0 Å². The minimum atomic E-state index is -0.817. The first-order chi connectivity index (χ1) is 13.0. The van der Waals surface area contributed by atoms with Gasteiger partial charge in [0.2, 0.25) is 0 Å². The Morgan fingerprint density at radius 1 is 1.19 bits per heavy atom. The molecule has 2 heterocycles. The van der Waals surface area contributed by atoms with Crippen molar-refractivity contribution in [3.05, 3.63) is 70.9 Å². The summed E-state index contributed by atoms with van der Waals surface area (Å²) >= 11 is 6.09. The van der Waals surface area contributed by atoms with Crippen molar-refractivity contribution in [3.63, 3.8) is 0 Å². The lowest BCUT2D eigenvalue weighted by Crippen LogP contribution is -2.17. The Bertz CT molecular complexity index is 999. The number of aryl methyl sites for hydroxylation is 1. The molecule has 27 heavy (non-hydrogen) atoms. The fourth-order valence-corrected chi connectivity index (χ4v) is 2.58. The zero-order valence-electron chi connectivity index (χ0n) is 14.1. The Hall–Kier alpha value is -3.13. The van der Waals surface area contributed by atoms with Gasteiger partial charge in [0, 0.05) is 12.3 Å². The number of hydrogen-bond acceptors (Lipinski definition) is 5. The number of carbonyl (C=O) groups excluding carboxylic acids is 1. The van der Waals surface area contributed by atoms with E-state index < -0.39 is 17.5 Å². The lowest BCUT2D eigenvalue weighted by molar-refractivity contribution is 0.102. The molecule has 3 rings (SSSR count). The number of rotatable bonds is 5. The topological polar surface area (TPSA) is 79.8 Å².